The van der Waals surface area contributed by atoms with Crippen LogP contribution in [0.25, 0.3) is 0 Å². The van der Waals surface area contributed by atoms with E-state index in [0.29, 0.717) is 10.6 Å². The smallest absolute Gasteiger partial charge is 0.154 e. The summed E-state index contributed by atoms with van der Waals surface area (Å²) in [6.07, 6.45) is 1.74. The molecule has 16 heavy (non-hydrogen) atoms. The summed E-state index contributed by atoms with van der Waals surface area (Å²) >= 11 is 8.93. The number of nitrogens with one attached hydrogen (secondary N) is 1. The molecule has 0 radical (unpaired) electrons. The number of nitrogens with zero attached hydrogens (tertiary/aromatic N) is 1. The van der Waals surface area contributed by atoms with Crippen molar-refractivity contribution in [3.05, 3.63) is 40.4 Å². The Balaban J connectivity index is 2.38. The fourth-order valence-electron chi connectivity index (χ4n) is 1.16. The lowest BCUT2D eigenvalue weighted by atomic mass is 10.2. The van der Waals surface area contributed by atoms with Crippen LogP contribution in [-0.2, 0) is 0 Å². The SMILES string of the molecule is N=C(N)c1ccc(Cl)cc1Sc1nccs1. The molecular formula is C10H8ClN3S2. The first kappa shape index (κ1) is 11.4. The first-order chi connectivity index (χ1) is 7.66. The summed E-state index contributed by atoms with van der Waals surface area (Å²) in [5, 5.41) is 10.0. The summed E-state index contributed by atoms with van der Waals surface area (Å²) in [5.74, 6) is 0.0377. The molecule has 2 aromatic rings. The second-order valence-corrected chi connectivity index (χ2v) is 5.57. The molecule has 0 bridgehead atoms. The lowest BCUT2D eigenvalue weighted by Gasteiger charge is -2.06. The van der Waals surface area contributed by atoms with E-state index in [-0.39, 0.29) is 5.84 Å². The first-order valence-electron chi connectivity index (χ1n) is 4.38. The van der Waals surface area contributed by atoms with Gasteiger partial charge in [0.25, 0.3) is 0 Å². The standard InChI is InChI=1S/C10H8ClN3S2/c11-6-1-2-7(9(12)13)8(5-6)16-10-14-3-4-15-10/h1-5H,(H3,12,13). The highest BCUT2D eigenvalue weighted by Gasteiger charge is 2.09. The maximum atomic E-state index is 7.48. The predicted molar refractivity (Wildman–Crippen MR) is 68.7 cm³/mol. The van der Waals surface area contributed by atoms with Gasteiger partial charge >= 0.3 is 0 Å². The van der Waals surface area contributed by atoms with Crippen LogP contribution in [0.2, 0.25) is 5.02 Å². The third-order valence-electron chi connectivity index (χ3n) is 1.84. The van der Waals surface area contributed by atoms with Crippen LogP contribution in [0.1, 0.15) is 5.56 Å². The molecule has 1 aromatic carbocycles. The molecule has 1 aromatic heterocycles. The van der Waals surface area contributed by atoms with Crippen molar-refractivity contribution < 1.29 is 0 Å². The minimum absolute atomic E-state index is 0.0377. The van der Waals surface area contributed by atoms with E-state index in [4.69, 9.17) is 22.7 Å². The topological polar surface area (TPSA) is 62.8 Å². The highest BCUT2D eigenvalue weighted by atomic mass is 35.5. The Hall–Kier alpha value is -1.04. The largest absolute Gasteiger partial charge is 0.384 e. The Labute approximate surface area is 106 Å². The molecule has 0 aliphatic heterocycles. The van der Waals surface area contributed by atoms with Crippen molar-refractivity contribution >= 4 is 40.5 Å². The number of nitrogens with two attached hydrogens (primary N) is 1. The highest BCUT2D eigenvalue weighted by Crippen LogP contribution is 2.33. The molecule has 3 nitrogen and oxygen atoms in total. The van der Waals surface area contributed by atoms with Crippen molar-refractivity contribution in [1.82, 2.24) is 4.98 Å². The molecule has 1 heterocycles. The summed E-state index contributed by atoms with van der Waals surface area (Å²) < 4.78 is 0.907. The van der Waals surface area contributed by atoms with Crippen LogP contribution < -0.4 is 5.73 Å². The average molecular weight is 270 g/mol. The monoisotopic (exact) mass is 269 g/mol. The molecule has 0 aliphatic carbocycles. The van der Waals surface area contributed by atoms with E-state index in [2.05, 4.69) is 4.98 Å². The highest BCUT2D eigenvalue weighted by molar-refractivity contribution is 8.01. The van der Waals surface area contributed by atoms with Crippen molar-refractivity contribution in [3.8, 4) is 0 Å². The second kappa shape index (κ2) is 4.86. The molecule has 6 heteroatoms. The molecule has 0 amide bonds. The van der Waals surface area contributed by atoms with Crippen molar-refractivity contribution in [2.24, 2.45) is 5.73 Å². The predicted octanol–water partition coefficient (Wildman–Crippen LogP) is 3.23. The third kappa shape index (κ3) is 2.55. The van der Waals surface area contributed by atoms with Gasteiger partial charge in [0.15, 0.2) is 4.34 Å². The lowest BCUT2D eigenvalue weighted by Crippen LogP contribution is -2.12. The fraction of sp³-hybridized carbons (Fsp3) is 0. The number of thiazole rings is 1. The minimum atomic E-state index is 0.0377. The zero-order chi connectivity index (χ0) is 11.5. The third-order valence-corrected chi connectivity index (χ3v) is 4.02. The number of aromatic nitrogens is 1. The van der Waals surface area contributed by atoms with Crippen LogP contribution >= 0.6 is 34.7 Å². The van der Waals surface area contributed by atoms with Gasteiger partial charge in [0.1, 0.15) is 5.84 Å². The molecule has 0 saturated heterocycles. The number of amidine groups is 1. The van der Waals surface area contributed by atoms with Crippen LogP contribution in [0, 0.1) is 5.41 Å². The number of nitrogen functional groups attached to an aromatic ring is 1. The maximum Gasteiger partial charge on any atom is 0.154 e. The molecule has 82 valence electrons. The Morgan fingerprint density at radius 3 is 2.94 bits per heavy atom. The maximum absolute atomic E-state index is 7.48. The first-order valence-corrected chi connectivity index (χ1v) is 6.45. The Morgan fingerprint density at radius 1 is 1.50 bits per heavy atom. The molecule has 0 spiro atoms. The van der Waals surface area contributed by atoms with Gasteiger partial charge in [-0.25, -0.2) is 4.98 Å². The summed E-state index contributed by atoms with van der Waals surface area (Å²) in [7, 11) is 0. The van der Waals surface area contributed by atoms with Crippen molar-refractivity contribution in [2.75, 3.05) is 0 Å². The van der Waals surface area contributed by atoms with E-state index < -0.39 is 0 Å². The average Bonchev–Trinajstić information content (AvgIpc) is 2.70. The van der Waals surface area contributed by atoms with Gasteiger partial charge in [0.05, 0.1) is 0 Å². The molecule has 0 saturated carbocycles. The van der Waals surface area contributed by atoms with E-state index in [9.17, 15) is 0 Å². The summed E-state index contributed by atoms with van der Waals surface area (Å²) in [4.78, 5) is 5.03. The van der Waals surface area contributed by atoms with Gasteiger partial charge in [-0.15, -0.1) is 11.3 Å². The molecule has 0 atom stereocenters. The van der Waals surface area contributed by atoms with Crippen molar-refractivity contribution in [1.29, 1.82) is 5.41 Å². The van der Waals surface area contributed by atoms with E-state index in [1.807, 2.05) is 5.38 Å². The van der Waals surface area contributed by atoms with Crippen molar-refractivity contribution in [3.63, 3.8) is 0 Å². The molecular weight excluding hydrogens is 262 g/mol. The molecule has 0 unspecified atom stereocenters. The Bertz CT molecular complexity index is 511. The Morgan fingerprint density at radius 2 is 2.31 bits per heavy atom. The van der Waals surface area contributed by atoms with E-state index >= 15 is 0 Å². The van der Waals surface area contributed by atoms with E-state index in [1.165, 1.54) is 11.8 Å². The lowest BCUT2D eigenvalue weighted by molar-refractivity contribution is 1.24. The van der Waals surface area contributed by atoms with Crippen LogP contribution in [0.15, 0.2) is 39.0 Å². The summed E-state index contributed by atoms with van der Waals surface area (Å²) in [6, 6.07) is 5.27. The van der Waals surface area contributed by atoms with E-state index in [0.717, 1.165) is 9.24 Å². The zero-order valence-corrected chi connectivity index (χ0v) is 10.5. The number of benzene rings is 1. The normalized spacial score (nSPS) is 10.3. The molecule has 3 N–H and O–H groups in total. The fourth-order valence-corrected chi connectivity index (χ4v) is 3.16. The minimum Gasteiger partial charge on any atom is -0.384 e. The van der Waals surface area contributed by atoms with Crippen molar-refractivity contribution in [2.45, 2.75) is 9.24 Å². The number of hydrogen-bond acceptors (Lipinski definition) is 4. The number of halogens is 1. The number of rotatable bonds is 3. The van der Waals surface area contributed by atoms with Crippen LogP contribution in [0.4, 0.5) is 0 Å². The van der Waals surface area contributed by atoms with Gasteiger partial charge in [0, 0.05) is 27.1 Å². The van der Waals surface area contributed by atoms with Crippen LogP contribution in [0.5, 0.6) is 0 Å². The van der Waals surface area contributed by atoms with Gasteiger partial charge in [-0.3, -0.25) is 5.41 Å². The van der Waals surface area contributed by atoms with Crippen LogP contribution in [0.3, 0.4) is 0 Å². The summed E-state index contributed by atoms with van der Waals surface area (Å²) in [6.45, 7) is 0. The van der Waals surface area contributed by atoms with Gasteiger partial charge in [-0.1, -0.05) is 23.4 Å². The number of hydrogen-bond donors (Lipinski definition) is 2. The Kier molecular flexibility index (Phi) is 3.48. The van der Waals surface area contributed by atoms with E-state index in [1.54, 1.807) is 35.7 Å². The van der Waals surface area contributed by atoms with Crippen LogP contribution in [-0.4, -0.2) is 10.8 Å². The quantitative estimate of drug-likeness (QED) is 0.664. The summed E-state index contributed by atoms with van der Waals surface area (Å²) in [5.41, 5.74) is 6.19. The van der Waals surface area contributed by atoms with Gasteiger partial charge in [-0.2, -0.15) is 0 Å². The van der Waals surface area contributed by atoms with Gasteiger partial charge < -0.3 is 5.73 Å². The molecule has 2 rings (SSSR count). The van der Waals surface area contributed by atoms with Gasteiger partial charge in [0.2, 0.25) is 0 Å². The zero-order valence-electron chi connectivity index (χ0n) is 8.11. The van der Waals surface area contributed by atoms with Gasteiger partial charge in [-0.05, 0) is 18.2 Å². The second-order valence-electron chi connectivity index (χ2n) is 2.95. The molecule has 0 fully saturated rings. The molecule has 0 aliphatic rings.